The van der Waals surface area contributed by atoms with Crippen LogP contribution in [-0.2, 0) is 17.7 Å². The summed E-state index contributed by atoms with van der Waals surface area (Å²) >= 11 is 0. The van der Waals surface area contributed by atoms with Crippen LogP contribution in [-0.4, -0.2) is 46.8 Å². The third-order valence-electron chi connectivity index (χ3n) is 4.95. The van der Waals surface area contributed by atoms with Crippen LogP contribution >= 0.6 is 0 Å². The van der Waals surface area contributed by atoms with Gasteiger partial charge in [0.2, 0.25) is 5.89 Å². The topological polar surface area (TPSA) is 67.2 Å². The number of piperidine rings is 1. The van der Waals surface area contributed by atoms with Gasteiger partial charge in [0, 0.05) is 43.7 Å². The van der Waals surface area contributed by atoms with E-state index in [1.54, 1.807) is 7.11 Å². The number of ether oxygens (including phenoxy) is 1. The number of benzene rings is 1. The summed E-state index contributed by atoms with van der Waals surface area (Å²) in [6.45, 7) is 3.65. The third-order valence-corrected chi connectivity index (χ3v) is 4.95. The SMILES string of the molecule is COCCc1noc([C@H]2CCCN(Cc3cccc4[nH]ccc34)C2)n1. The summed E-state index contributed by atoms with van der Waals surface area (Å²) < 4.78 is 10.6. The number of likely N-dealkylation sites (tertiary alicyclic amines) is 1. The second kappa shape index (κ2) is 7.37. The summed E-state index contributed by atoms with van der Waals surface area (Å²) in [5.41, 5.74) is 2.57. The lowest BCUT2D eigenvalue weighted by molar-refractivity contribution is 0.180. The molecule has 1 atom stereocenters. The Bertz CT molecular complexity index is 826. The van der Waals surface area contributed by atoms with Gasteiger partial charge in [-0.05, 0) is 37.1 Å². The molecule has 1 aliphatic heterocycles. The summed E-state index contributed by atoms with van der Waals surface area (Å²) in [6, 6.07) is 8.62. The molecule has 25 heavy (non-hydrogen) atoms. The second-order valence-electron chi connectivity index (χ2n) is 6.72. The van der Waals surface area contributed by atoms with Gasteiger partial charge in [0.1, 0.15) is 0 Å². The maximum absolute atomic E-state index is 5.51. The zero-order valence-corrected chi connectivity index (χ0v) is 14.6. The highest BCUT2D eigenvalue weighted by Gasteiger charge is 2.26. The van der Waals surface area contributed by atoms with Gasteiger partial charge in [-0.2, -0.15) is 4.98 Å². The normalized spacial score (nSPS) is 18.8. The van der Waals surface area contributed by atoms with E-state index in [0.717, 1.165) is 44.2 Å². The van der Waals surface area contributed by atoms with Crippen LogP contribution in [0.1, 0.15) is 36.0 Å². The van der Waals surface area contributed by atoms with E-state index >= 15 is 0 Å². The molecule has 1 aliphatic rings. The van der Waals surface area contributed by atoms with Crippen molar-refractivity contribution in [3.8, 4) is 0 Å². The summed E-state index contributed by atoms with van der Waals surface area (Å²) in [4.78, 5) is 10.3. The second-order valence-corrected chi connectivity index (χ2v) is 6.72. The summed E-state index contributed by atoms with van der Waals surface area (Å²) in [6.07, 6.45) is 4.97. The Morgan fingerprint density at radius 2 is 2.32 bits per heavy atom. The van der Waals surface area contributed by atoms with Gasteiger partial charge in [-0.15, -0.1) is 0 Å². The van der Waals surface area contributed by atoms with Crippen molar-refractivity contribution in [1.82, 2.24) is 20.0 Å². The lowest BCUT2D eigenvalue weighted by Crippen LogP contribution is -2.34. The number of aromatic nitrogens is 3. The van der Waals surface area contributed by atoms with Crippen LogP contribution in [0.4, 0.5) is 0 Å². The fourth-order valence-corrected chi connectivity index (χ4v) is 3.66. The zero-order valence-electron chi connectivity index (χ0n) is 14.6. The molecule has 0 amide bonds. The smallest absolute Gasteiger partial charge is 0.231 e. The number of rotatable bonds is 6. The predicted octanol–water partition coefficient (Wildman–Crippen LogP) is 3.12. The van der Waals surface area contributed by atoms with Crippen molar-refractivity contribution < 1.29 is 9.26 Å². The molecule has 1 fully saturated rings. The number of methoxy groups -OCH3 is 1. The van der Waals surface area contributed by atoms with Crippen LogP contribution in [0, 0.1) is 0 Å². The summed E-state index contributed by atoms with van der Waals surface area (Å²) in [5.74, 6) is 1.84. The molecular weight excluding hydrogens is 316 g/mol. The van der Waals surface area contributed by atoms with Crippen LogP contribution in [0.25, 0.3) is 10.9 Å². The first kappa shape index (κ1) is 16.3. The largest absolute Gasteiger partial charge is 0.384 e. The maximum Gasteiger partial charge on any atom is 0.231 e. The molecule has 6 heteroatoms. The number of aromatic amines is 1. The lowest BCUT2D eigenvalue weighted by Gasteiger charge is -2.31. The van der Waals surface area contributed by atoms with E-state index in [0.29, 0.717) is 18.9 Å². The molecule has 4 rings (SSSR count). The van der Waals surface area contributed by atoms with Gasteiger partial charge in [0.25, 0.3) is 0 Å². The molecule has 0 saturated carbocycles. The monoisotopic (exact) mass is 340 g/mol. The van der Waals surface area contributed by atoms with Crippen molar-refractivity contribution in [1.29, 1.82) is 0 Å². The van der Waals surface area contributed by atoms with Crippen molar-refractivity contribution in [2.75, 3.05) is 26.8 Å². The molecule has 132 valence electrons. The molecule has 6 nitrogen and oxygen atoms in total. The Morgan fingerprint density at radius 1 is 1.36 bits per heavy atom. The van der Waals surface area contributed by atoms with E-state index in [9.17, 15) is 0 Å². The maximum atomic E-state index is 5.51. The molecule has 1 N–H and O–H groups in total. The Labute approximate surface area is 147 Å². The van der Waals surface area contributed by atoms with Gasteiger partial charge in [-0.25, -0.2) is 0 Å². The van der Waals surface area contributed by atoms with Gasteiger partial charge in [0.05, 0.1) is 12.5 Å². The van der Waals surface area contributed by atoms with Crippen molar-refractivity contribution in [3.63, 3.8) is 0 Å². The van der Waals surface area contributed by atoms with Gasteiger partial charge < -0.3 is 14.2 Å². The first-order valence-electron chi connectivity index (χ1n) is 8.92. The predicted molar refractivity (Wildman–Crippen MR) is 95.4 cm³/mol. The molecule has 1 aromatic carbocycles. The highest BCUT2D eigenvalue weighted by molar-refractivity contribution is 5.82. The number of hydrogen-bond donors (Lipinski definition) is 1. The molecule has 1 saturated heterocycles. The first-order chi connectivity index (χ1) is 12.3. The number of hydrogen-bond acceptors (Lipinski definition) is 5. The van der Waals surface area contributed by atoms with E-state index in [2.05, 4.69) is 44.3 Å². The average Bonchev–Trinajstić information content (AvgIpc) is 3.30. The molecule has 3 heterocycles. The quantitative estimate of drug-likeness (QED) is 0.747. The Balaban J connectivity index is 1.44. The van der Waals surface area contributed by atoms with E-state index in [1.165, 1.54) is 16.5 Å². The van der Waals surface area contributed by atoms with Crippen LogP contribution in [0.2, 0.25) is 0 Å². The molecule has 0 radical (unpaired) electrons. The van der Waals surface area contributed by atoms with Crippen molar-refractivity contribution in [2.24, 2.45) is 0 Å². The minimum atomic E-state index is 0.322. The summed E-state index contributed by atoms with van der Waals surface area (Å²) in [5, 5.41) is 5.39. The minimum absolute atomic E-state index is 0.322. The van der Waals surface area contributed by atoms with Crippen molar-refractivity contribution in [3.05, 3.63) is 47.7 Å². The van der Waals surface area contributed by atoms with Gasteiger partial charge in [0.15, 0.2) is 5.82 Å². The molecule has 2 aromatic heterocycles. The van der Waals surface area contributed by atoms with Crippen LogP contribution in [0.5, 0.6) is 0 Å². The minimum Gasteiger partial charge on any atom is -0.384 e. The summed E-state index contributed by atoms with van der Waals surface area (Å²) in [7, 11) is 1.69. The zero-order chi connectivity index (χ0) is 17.1. The Morgan fingerprint density at radius 3 is 3.24 bits per heavy atom. The van der Waals surface area contributed by atoms with Crippen LogP contribution < -0.4 is 0 Å². The van der Waals surface area contributed by atoms with Gasteiger partial charge in [-0.3, -0.25) is 4.90 Å². The lowest BCUT2D eigenvalue weighted by atomic mass is 9.97. The van der Waals surface area contributed by atoms with Crippen molar-refractivity contribution >= 4 is 10.9 Å². The fraction of sp³-hybridized carbons (Fsp3) is 0.474. The molecule has 0 aliphatic carbocycles. The van der Waals surface area contributed by atoms with E-state index in [1.807, 2.05) is 6.20 Å². The Hall–Kier alpha value is -2.18. The van der Waals surface area contributed by atoms with Gasteiger partial charge in [-0.1, -0.05) is 17.3 Å². The third kappa shape index (κ3) is 3.60. The number of nitrogens with one attached hydrogen (secondary N) is 1. The number of nitrogens with zero attached hydrogens (tertiary/aromatic N) is 3. The molecule has 0 unspecified atom stereocenters. The van der Waals surface area contributed by atoms with Gasteiger partial charge >= 0.3 is 0 Å². The molecule has 3 aromatic rings. The number of H-pyrrole nitrogens is 1. The van der Waals surface area contributed by atoms with Crippen LogP contribution in [0.15, 0.2) is 35.0 Å². The molecule has 0 bridgehead atoms. The molecule has 0 spiro atoms. The Kier molecular flexibility index (Phi) is 4.81. The van der Waals surface area contributed by atoms with Crippen molar-refractivity contribution in [2.45, 2.75) is 31.7 Å². The average molecular weight is 340 g/mol. The van der Waals surface area contributed by atoms with E-state index in [4.69, 9.17) is 9.26 Å². The first-order valence-corrected chi connectivity index (χ1v) is 8.92. The highest BCUT2D eigenvalue weighted by atomic mass is 16.5. The number of fused-ring (bicyclic) bond motifs is 1. The molecular formula is C19H24N4O2. The standard InChI is InChI=1S/C19H24N4O2/c1-24-11-8-18-21-19(25-22-18)15-5-3-10-23(13-15)12-14-4-2-6-17-16(14)7-9-20-17/h2,4,6-7,9,15,20H,3,5,8,10-13H2,1H3/t15-/m0/s1. The van der Waals surface area contributed by atoms with E-state index < -0.39 is 0 Å². The van der Waals surface area contributed by atoms with E-state index in [-0.39, 0.29) is 0 Å². The van der Waals surface area contributed by atoms with Crippen LogP contribution in [0.3, 0.4) is 0 Å². The highest BCUT2D eigenvalue weighted by Crippen LogP contribution is 2.28. The fourth-order valence-electron chi connectivity index (χ4n) is 3.66.